The Kier molecular flexibility index (Phi) is 7.98. The van der Waals surface area contributed by atoms with E-state index in [4.69, 9.17) is 9.73 Å². The number of aromatic nitrogens is 1. The van der Waals surface area contributed by atoms with Gasteiger partial charge in [-0.2, -0.15) is 5.26 Å². The summed E-state index contributed by atoms with van der Waals surface area (Å²) in [5.41, 5.74) is 0.954. The number of benzene rings is 2. The Balaban J connectivity index is 1.41. The third-order valence-electron chi connectivity index (χ3n) is 7.11. The minimum Gasteiger partial charge on any atom is -0.444 e. The summed E-state index contributed by atoms with van der Waals surface area (Å²) < 4.78 is 33.8. The number of alkyl carbamates (subject to hydrolysis) is 1. The van der Waals surface area contributed by atoms with Crippen molar-refractivity contribution in [1.82, 2.24) is 14.6 Å². The van der Waals surface area contributed by atoms with Crippen molar-refractivity contribution in [3.8, 4) is 6.07 Å². The monoisotopic (exact) mass is 574 g/mol. The first-order chi connectivity index (χ1) is 19.5. The van der Waals surface area contributed by atoms with Crippen LogP contribution in [0.25, 0.3) is 10.9 Å². The highest BCUT2D eigenvalue weighted by molar-refractivity contribution is 7.90. The van der Waals surface area contributed by atoms with E-state index in [0.29, 0.717) is 28.6 Å². The van der Waals surface area contributed by atoms with Gasteiger partial charge in [-0.3, -0.25) is 10.3 Å². The zero-order chi connectivity index (χ0) is 29.2. The van der Waals surface area contributed by atoms with Gasteiger partial charge in [-0.1, -0.05) is 36.4 Å². The van der Waals surface area contributed by atoms with Crippen LogP contribution >= 0.6 is 0 Å². The fourth-order valence-electron chi connectivity index (χ4n) is 5.31. The fourth-order valence-corrected chi connectivity index (χ4v) is 6.70. The van der Waals surface area contributed by atoms with Crippen molar-refractivity contribution < 1.29 is 17.9 Å². The first-order valence-electron chi connectivity index (χ1n) is 13.7. The van der Waals surface area contributed by atoms with Gasteiger partial charge < -0.3 is 10.1 Å². The molecule has 0 radical (unpaired) electrons. The van der Waals surface area contributed by atoms with E-state index in [2.05, 4.69) is 21.7 Å². The van der Waals surface area contributed by atoms with Gasteiger partial charge in [0.2, 0.25) is 0 Å². The van der Waals surface area contributed by atoms with Crippen molar-refractivity contribution >= 4 is 38.9 Å². The summed E-state index contributed by atoms with van der Waals surface area (Å²) in [6, 6.07) is 17.7. The maximum absolute atomic E-state index is 13.6. The molecule has 1 aliphatic heterocycles. The summed E-state index contributed by atoms with van der Waals surface area (Å²) in [5, 5.41) is 17.0. The van der Waals surface area contributed by atoms with Crippen LogP contribution in [-0.4, -0.2) is 54.4 Å². The van der Waals surface area contributed by atoms with Crippen LogP contribution in [0.15, 0.2) is 75.7 Å². The van der Waals surface area contributed by atoms with E-state index < -0.39 is 33.9 Å². The van der Waals surface area contributed by atoms with E-state index in [1.807, 2.05) is 32.9 Å². The molecule has 0 bridgehead atoms. The van der Waals surface area contributed by atoms with E-state index in [-0.39, 0.29) is 17.0 Å². The second-order valence-electron chi connectivity index (χ2n) is 11.3. The molecule has 1 amide bonds. The number of para-hydroxylation sites is 1. The summed E-state index contributed by atoms with van der Waals surface area (Å²) in [6.07, 6.45) is 5.38. The zero-order valence-corrected chi connectivity index (χ0v) is 24.1. The summed E-state index contributed by atoms with van der Waals surface area (Å²) in [6.45, 7) is 5.49. The first kappa shape index (κ1) is 28.5. The SMILES string of the molecule is CC(C)(C)OC(=O)NC1CCCC(NC2N=CC(C#N)C(c3cn(S(=O)(=O)c4ccccc4)c4ccccc34)=N2)C1. The molecule has 214 valence electrons. The van der Waals surface area contributed by atoms with Crippen molar-refractivity contribution in [1.29, 1.82) is 5.26 Å². The van der Waals surface area contributed by atoms with Crippen molar-refractivity contribution in [3.05, 3.63) is 66.4 Å². The van der Waals surface area contributed by atoms with Gasteiger partial charge in [-0.05, 0) is 64.7 Å². The fraction of sp³-hybridized carbons (Fsp3) is 0.400. The normalized spacial score (nSPS) is 23.0. The van der Waals surface area contributed by atoms with Gasteiger partial charge in [0.25, 0.3) is 10.0 Å². The third kappa shape index (κ3) is 6.34. The smallest absolute Gasteiger partial charge is 0.407 e. The number of hydrogen-bond donors (Lipinski definition) is 2. The number of nitrogens with zero attached hydrogens (tertiary/aromatic N) is 4. The molecular weight excluding hydrogens is 540 g/mol. The Hall–Kier alpha value is -4.01. The standard InChI is InChI=1S/C30H34N6O4S/c1-30(2,3)40-29(37)34-22-11-9-10-21(16-22)33-28-32-18-20(17-31)27(35-28)25-19-36(26-15-8-7-14-24(25)26)41(38,39)23-12-5-4-6-13-23/h4-8,12-15,18-22,28,33H,9-11,16H2,1-3H3,(H,34,37). The van der Waals surface area contributed by atoms with E-state index in [1.54, 1.807) is 54.9 Å². The van der Waals surface area contributed by atoms with Gasteiger partial charge in [0.15, 0.2) is 6.29 Å². The summed E-state index contributed by atoms with van der Waals surface area (Å²) in [7, 11) is -3.89. The number of nitriles is 1. The first-order valence-corrected chi connectivity index (χ1v) is 15.2. The van der Waals surface area contributed by atoms with Crippen molar-refractivity contribution in [2.45, 2.75) is 75.3 Å². The third-order valence-corrected chi connectivity index (χ3v) is 8.79. The minimum absolute atomic E-state index is 0.0364. The number of ether oxygens (including phenoxy) is 1. The Morgan fingerprint density at radius 2 is 1.78 bits per heavy atom. The van der Waals surface area contributed by atoms with Gasteiger partial charge >= 0.3 is 6.09 Å². The molecule has 1 aliphatic carbocycles. The second kappa shape index (κ2) is 11.5. The number of rotatable bonds is 6. The van der Waals surface area contributed by atoms with Crippen LogP contribution in [-0.2, 0) is 14.8 Å². The summed E-state index contributed by atoms with van der Waals surface area (Å²) >= 11 is 0. The Bertz CT molecular complexity index is 1630. The molecule has 2 aliphatic rings. The van der Waals surface area contributed by atoms with Gasteiger partial charge in [-0.25, -0.2) is 22.2 Å². The van der Waals surface area contributed by atoms with E-state index >= 15 is 0 Å². The molecule has 0 saturated heterocycles. The molecule has 1 fully saturated rings. The molecular formula is C30H34N6O4S. The molecule has 2 N–H and O–H groups in total. The van der Waals surface area contributed by atoms with E-state index in [0.717, 1.165) is 19.3 Å². The lowest BCUT2D eigenvalue weighted by Gasteiger charge is -2.32. The Labute approximate surface area is 240 Å². The minimum atomic E-state index is -3.89. The molecule has 2 heterocycles. The lowest BCUT2D eigenvalue weighted by atomic mass is 9.91. The largest absolute Gasteiger partial charge is 0.444 e. The van der Waals surface area contributed by atoms with Gasteiger partial charge in [0.05, 0.1) is 22.2 Å². The maximum atomic E-state index is 13.6. The topological polar surface area (TPSA) is 138 Å². The van der Waals surface area contributed by atoms with Gasteiger partial charge in [0, 0.05) is 35.4 Å². The molecule has 1 saturated carbocycles. The number of hydrogen-bond acceptors (Lipinski definition) is 8. The highest BCUT2D eigenvalue weighted by Gasteiger charge is 2.31. The van der Waals surface area contributed by atoms with Crippen LogP contribution in [0.3, 0.4) is 0 Å². The van der Waals surface area contributed by atoms with Crippen LogP contribution < -0.4 is 10.6 Å². The molecule has 41 heavy (non-hydrogen) atoms. The lowest BCUT2D eigenvalue weighted by molar-refractivity contribution is 0.0488. The predicted molar refractivity (Wildman–Crippen MR) is 157 cm³/mol. The highest BCUT2D eigenvalue weighted by atomic mass is 32.2. The summed E-state index contributed by atoms with van der Waals surface area (Å²) in [4.78, 5) is 21.8. The Morgan fingerprint density at radius 1 is 1.07 bits per heavy atom. The summed E-state index contributed by atoms with van der Waals surface area (Å²) in [5.74, 6) is -0.736. The number of aliphatic imine (C=N–C) groups is 2. The average molecular weight is 575 g/mol. The molecule has 2 aromatic carbocycles. The molecule has 4 unspecified atom stereocenters. The molecule has 1 aromatic heterocycles. The Morgan fingerprint density at radius 3 is 2.51 bits per heavy atom. The number of fused-ring (bicyclic) bond motifs is 1. The zero-order valence-electron chi connectivity index (χ0n) is 23.3. The van der Waals surface area contributed by atoms with Crippen LogP contribution in [0.5, 0.6) is 0 Å². The van der Waals surface area contributed by atoms with E-state index in [1.165, 1.54) is 3.97 Å². The second-order valence-corrected chi connectivity index (χ2v) is 13.2. The van der Waals surface area contributed by atoms with Gasteiger partial charge in [0.1, 0.15) is 11.5 Å². The van der Waals surface area contributed by atoms with Crippen LogP contribution in [0.1, 0.15) is 52.0 Å². The molecule has 5 rings (SSSR count). The maximum Gasteiger partial charge on any atom is 0.407 e. The molecule has 11 heteroatoms. The van der Waals surface area contributed by atoms with Crippen LogP contribution in [0.2, 0.25) is 0 Å². The van der Waals surface area contributed by atoms with Gasteiger partial charge in [-0.15, -0.1) is 0 Å². The predicted octanol–water partition coefficient (Wildman–Crippen LogP) is 4.60. The highest BCUT2D eigenvalue weighted by Crippen LogP contribution is 2.29. The number of nitrogens with one attached hydrogen (secondary N) is 2. The molecule has 0 spiro atoms. The average Bonchev–Trinajstić information content (AvgIpc) is 3.33. The van der Waals surface area contributed by atoms with Crippen LogP contribution in [0.4, 0.5) is 4.79 Å². The molecule has 4 atom stereocenters. The quantitative estimate of drug-likeness (QED) is 0.441. The number of carbonyl (C=O) groups is 1. The number of carbonyl (C=O) groups excluding carboxylic acids is 1. The number of amides is 1. The van der Waals surface area contributed by atoms with Crippen LogP contribution in [0, 0.1) is 17.2 Å². The molecule has 10 nitrogen and oxygen atoms in total. The molecule has 3 aromatic rings. The van der Waals surface area contributed by atoms with Crippen molar-refractivity contribution in [2.24, 2.45) is 15.9 Å². The lowest BCUT2D eigenvalue weighted by Crippen LogP contribution is -2.48. The van der Waals surface area contributed by atoms with Crippen molar-refractivity contribution in [3.63, 3.8) is 0 Å². The van der Waals surface area contributed by atoms with E-state index in [9.17, 15) is 18.5 Å². The van der Waals surface area contributed by atoms with Crippen molar-refractivity contribution in [2.75, 3.05) is 0 Å².